The number of aromatic nitrogens is 6. The quantitative estimate of drug-likeness (QED) is 0.347. The molecule has 4 aromatic rings. The summed E-state index contributed by atoms with van der Waals surface area (Å²) in [5, 5.41) is 15.3. The number of rotatable bonds is 6. The summed E-state index contributed by atoms with van der Waals surface area (Å²) in [7, 11) is 0. The van der Waals surface area contributed by atoms with Crippen molar-refractivity contribution in [2.24, 2.45) is 0 Å². The van der Waals surface area contributed by atoms with Crippen LogP contribution in [0.5, 0.6) is 11.5 Å². The first-order valence-corrected chi connectivity index (χ1v) is 11.5. The highest BCUT2D eigenvalue weighted by atomic mass is 16.7. The average molecular weight is 500 g/mol. The van der Waals surface area contributed by atoms with Crippen LogP contribution in [0.1, 0.15) is 50.1 Å². The number of hydrogen-bond donors (Lipinski definition) is 3. The van der Waals surface area contributed by atoms with E-state index in [4.69, 9.17) is 9.47 Å². The van der Waals surface area contributed by atoms with Gasteiger partial charge in [-0.25, -0.2) is 19.9 Å². The van der Waals surface area contributed by atoms with E-state index in [1.165, 1.54) is 17.1 Å². The summed E-state index contributed by atoms with van der Waals surface area (Å²) < 4.78 is 11.8. The van der Waals surface area contributed by atoms with Crippen molar-refractivity contribution < 1.29 is 19.1 Å². The fourth-order valence-electron chi connectivity index (χ4n) is 4.41. The average Bonchev–Trinajstić information content (AvgIpc) is 3.66. The van der Waals surface area contributed by atoms with Gasteiger partial charge in [0.2, 0.25) is 6.79 Å². The molecular weight excluding hydrogens is 480 g/mol. The third-order valence-corrected chi connectivity index (χ3v) is 6.25. The minimum atomic E-state index is -0.434. The number of aromatic amines is 1. The first kappa shape index (κ1) is 22.4. The Hall–Kier alpha value is -5.07. The molecule has 0 saturated heterocycles. The second-order valence-corrected chi connectivity index (χ2v) is 8.52. The number of benzene rings is 2. The first-order valence-electron chi connectivity index (χ1n) is 11.5. The van der Waals surface area contributed by atoms with E-state index in [2.05, 4.69) is 36.1 Å². The maximum atomic E-state index is 12.9. The van der Waals surface area contributed by atoms with Gasteiger partial charge < -0.3 is 20.1 Å². The largest absolute Gasteiger partial charge is 0.454 e. The molecule has 13 nitrogen and oxygen atoms in total. The van der Waals surface area contributed by atoms with Crippen LogP contribution in [0.15, 0.2) is 53.6 Å². The van der Waals surface area contributed by atoms with Crippen LogP contribution in [0.3, 0.4) is 0 Å². The SMILES string of the molecule is O=C(NCc1ccc2c(c1)OCO2)c1cc(C(=O)N[C@H]2CCc3cc(-n4nn[nH]c4=O)ccc32)ncn1. The van der Waals surface area contributed by atoms with Crippen molar-refractivity contribution in [1.29, 1.82) is 0 Å². The van der Waals surface area contributed by atoms with Gasteiger partial charge in [-0.1, -0.05) is 12.1 Å². The summed E-state index contributed by atoms with van der Waals surface area (Å²) in [6.07, 6.45) is 2.60. The highest BCUT2D eigenvalue weighted by molar-refractivity contribution is 5.97. The molecule has 0 unspecified atom stereocenters. The van der Waals surface area contributed by atoms with Crippen molar-refractivity contribution in [2.75, 3.05) is 6.79 Å². The number of H-pyrrole nitrogens is 1. The minimum Gasteiger partial charge on any atom is -0.454 e. The molecule has 2 amide bonds. The second kappa shape index (κ2) is 9.18. The lowest BCUT2D eigenvalue weighted by Crippen LogP contribution is -2.29. The number of tetrazole rings is 1. The number of carbonyl (C=O) groups excluding carboxylic acids is 2. The van der Waals surface area contributed by atoms with Crippen LogP contribution in [0, 0.1) is 0 Å². The van der Waals surface area contributed by atoms with Crippen LogP contribution in [0.25, 0.3) is 5.69 Å². The van der Waals surface area contributed by atoms with E-state index in [0.29, 0.717) is 23.6 Å². The molecule has 2 aromatic carbocycles. The summed E-state index contributed by atoms with van der Waals surface area (Å²) in [6, 6.07) is 12.0. The van der Waals surface area contributed by atoms with Crippen molar-refractivity contribution in [1.82, 2.24) is 40.8 Å². The van der Waals surface area contributed by atoms with Gasteiger partial charge in [-0.15, -0.1) is 0 Å². The number of nitrogens with one attached hydrogen (secondary N) is 3. The van der Waals surface area contributed by atoms with E-state index in [0.717, 1.165) is 23.1 Å². The van der Waals surface area contributed by atoms with Crippen molar-refractivity contribution in [2.45, 2.75) is 25.4 Å². The number of fused-ring (bicyclic) bond motifs is 2. The molecule has 0 spiro atoms. The van der Waals surface area contributed by atoms with Gasteiger partial charge in [-0.2, -0.15) is 4.68 Å². The molecule has 0 fully saturated rings. The number of carbonyl (C=O) groups is 2. The van der Waals surface area contributed by atoms with E-state index in [-0.39, 0.29) is 30.8 Å². The number of aryl methyl sites for hydroxylation is 1. The first-order chi connectivity index (χ1) is 18.0. The molecule has 0 radical (unpaired) electrons. The Morgan fingerprint density at radius 2 is 1.86 bits per heavy atom. The van der Waals surface area contributed by atoms with Crippen molar-refractivity contribution in [3.05, 3.63) is 87.4 Å². The molecule has 13 heteroatoms. The Morgan fingerprint density at radius 3 is 2.70 bits per heavy atom. The number of nitrogens with zero attached hydrogens (tertiary/aromatic N) is 5. The number of amides is 2. The van der Waals surface area contributed by atoms with Gasteiger partial charge in [-0.3, -0.25) is 9.59 Å². The van der Waals surface area contributed by atoms with Gasteiger partial charge in [0.1, 0.15) is 17.7 Å². The van der Waals surface area contributed by atoms with Crippen LogP contribution in [0.4, 0.5) is 0 Å². The zero-order valence-corrected chi connectivity index (χ0v) is 19.3. The van der Waals surface area contributed by atoms with Crippen LogP contribution in [-0.2, 0) is 13.0 Å². The molecule has 1 aliphatic heterocycles. The molecule has 37 heavy (non-hydrogen) atoms. The molecule has 1 atom stereocenters. The molecule has 6 rings (SSSR count). The van der Waals surface area contributed by atoms with Crippen molar-refractivity contribution >= 4 is 11.8 Å². The Bertz CT molecular complexity index is 1580. The molecule has 1 aliphatic carbocycles. The summed E-state index contributed by atoms with van der Waals surface area (Å²) in [5.41, 5.74) is 3.12. The predicted molar refractivity (Wildman–Crippen MR) is 126 cm³/mol. The molecule has 186 valence electrons. The molecule has 0 saturated carbocycles. The Balaban J connectivity index is 1.11. The van der Waals surface area contributed by atoms with E-state index in [1.54, 1.807) is 18.2 Å². The Labute approximate surface area is 208 Å². The fourth-order valence-corrected chi connectivity index (χ4v) is 4.41. The van der Waals surface area contributed by atoms with E-state index >= 15 is 0 Å². The van der Waals surface area contributed by atoms with Crippen LogP contribution in [0.2, 0.25) is 0 Å². The monoisotopic (exact) mass is 500 g/mol. The number of hydrogen-bond acceptors (Lipinski definition) is 9. The Morgan fingerprint density at radius 1 is 1.03 bits per heavy atom. The lowest BCUT2D eigenvalue weighted by molar-refractivity contribution is 0.0931. The normalized spacial score (nSPS) is 15.3. The third-order valence-electron chi connectivity index (χ3n) is 6.25. The highest BCUT2D eigenvalue weighted by Gasteiger charge is 2.26. The lowest BCUT2D eigenvalue weighted by Gasteiger charge is -2.14. The molecule has 0 bridgehead atoms. The van der Waals surface area contributed by atoms with Gasteiger partial charge in [0.25, 0.3) is 11.8 Å². The zero-order chi connectivity index (χ0) is 25.4. The van der Waals surface area contributed by atoms with E-state index < -0.39 is 17.5 Å². The topological polar surface area (TPSA) is 166 Å². The molecule has 3 heterocycles. The van der Waals surface area contributed by atoms with Gasteiger partial charge in [0.15, 0.2) is 11.5 Å². The Kier molecular flexibility index (Phi) is 5.56. The third kappa shape index (κ3) is 4.37. The zero-order valence-electron chi connectivity index (χ0n) is 19.3. The summed E-state index contributed by atoms with van der Waals surface area (Å²) in [5.74, 6) is 0.444. The van der Waals surface area contributed by atoms with Crippen molar-refractivity contribution in [3.63, 3.8) is 0 Å². The van der Waals surface area contributed by atoms with Crippen LogP contribution >= 0.6 is 0 Å². The van der Waals surface area contributed by atoms with Crippen molar-refractivity contribution in [3.8, 4) is 17.2 Å². The lowest BCUT2D eigenvalue weighted by atomic mass is 10.1. The summed E-state index contributed by atoms with van der Waals surface area (Å²) in [6.45, 7) is 0.427. The second-order valence-electron chi connectivity index (χ2n) is 8.52. The molecule has 2 aliphatic rings. The van der Waals surface area contributed by atoms with Crippen LogP contribution in [-0.4, -0.2) is 48.8 Å². The van der Waals surface area contributed by atoms with Gasteiger partial charge in [0.05, 0.1) is 11.7 Å². The summed E-state index contributed by atoms with van der Waals surface area (Å²) >= 11 is 0. The molecular formula is C24H20N8O5. The molecule has 3 N–H and O–H groups in total. The number of ether oxygens (including phenoxy) is 2. The minimum absolute atomic E-state index is 0.0791. The highest BCUT2D eigenvalue weighted by Crippen LogP contribution is 2.33. The van der Waals surface area contributed by atoms with E-state index in [9.17, 15) is 14.4 Å². The maximum absolute atomic E-state index is 12.9. The van der Waals surface area contributed by atoms with Gasteiger partial charge in [-0.05, 0) is 64.2 Å². The molecule has 2 aromatic heterocycles. The standard InChI is InChI=1S/C24H20N8O5/c33-22(25-10-13-1-6-20-21(7-13)37-12-36-20)18-9-19(27-11-26-18)23(34)28-17-5-2-14-8-15(3-4-16(14)17)32-24(35)29-30-31-32/h1,3-4,6-9,11,17H,2,5,10,12H2,(H,25,33)(H,28,34)(H,29,31,35)/t17-/m0/s1. The van der Waals surface area contributed by atoms with Crippen LogP contribution < -0.4 is 25.8 Å². The van der Waals surface area contributed by atoms with E-state index in [1.807, 2.05) is 18.2 Å². The predicted octanol–water partition coefficient (Wildman–Crippen LogP) is 0.822. The summed E-state index contributed by atoms with van der Waals surface area (Å²) in [4.78, 5) is 45.5. The van der Waals surface area contributed by atoms with Gasteiger partial charge in [0, 0.05) is 12.6 Å². The fraction of sp³-hybridized carbons (Fsp3) is 0.208. The van der Waals surface area contributed by atoms with Gasteiger partial charge >= 0.3 is 5.69 Å². The maximum Gasteiger partial charge on any atom is 0.365 e. The smallest absolute Gasteiger partial charge is 0.365 e.